The highest BCUT2D eigenvalue weighted by Crippen LogP contribution is 2.45. The molecule has 0 aliphatic carbocycles. The van der Waals surface area contributed by atoms with Crippen molar-refractivity contribution in [1.29, 1.82) is 0 Å². The quantitative estimate of drug-likeness (QED) is 0.588. The summed E-state index contributed by atoms with van der Waals surface area (Å²) in [6, 6.07) is 5.47. The van der Waals surface area contributed by atoms with E-state index >= 15 is 0 Å². The number of fused-ring (bicyclic) bond motifs is 1. The smallest absolute Gasteiger partial charge is 0.214 e. The summed E-state index contributed by atoms with van der Waals surface area (Å²) >= 11 is 0. The fourth-order valence-corrected chi connectivity index (χ4v) is 4.84. The van der Waals surface area contributed by atoms with Crippen LogP contribution in [0.5, 0.6) is 11.5 Å². The second kappa shape index (κ2) is 8.61. The molecule has 1 aliphatic rings. The van der Waals surface area contributed by atoms with Crippen LogP contribution in [0.2, 0.25) is 0 Å². The number of benzene rings is 1. The van der Waals surface area contributed by atoms with Crippen LogP contribution in [0.3, 0.4) is 0 Å². The number of sulfonamides is 1. The average Bonchev–Trinajstić information content (AvgIpc) is 2.59. The summed E-state index contributed by atoms with van der Waals surface area (Å²) in [7, 11) is -1.69. The summed E-state index contributed by atoms with van der Waals surface area (Å²) in [6.07, 6.45) is 4.84. The summed E-state index contributed by atoms with van der Waals surface area (Å²) in [6.45, 7) is 8.45. The molecule has 1 aromatic carbocycles. The van der Waals surface area contributed by atoms with Crippen molar-refractivity contribution in [3.63, 3.8) is 0 Å². The number of hydrogen-bond donors (Lipinski definition) is 0. The molecule has 6 heteroatoms. The Morgan fingerprint density at radius 1 is 1.23 bits per heavy atom. The van der Waals surface area contributed by atoms with Gasteiger partial charge in [-0.15, -0.1) is 0 Å². The molecular weight excluding hydrogens is 350 g/mol. The monoisotopic (exact) mass is 383 g/mol. The highest BCUT2D eigenvalue weighted by atomic mass is 32.2. The Kier molecular flexibility index (Phi) is 6.97. The first-order chi connectivity index (χ1) is 12.2. The van der Waals surface area contributed by atoms with Crippen molar-refractivity contribution in [3.05, 3.63) is 23.8 Å². The highest BCUT2D eigenvalue weighted by molar-refractivity contribution is 7.89. The second-order valence-electron chi connectivity index (χ2n) is 7.56. The Morgan fingerprint density at radius 2 is 1.96 bits per heavy atom. The fourth-order valence-electron chi connectivity index (χ4n) is 3.53. The molecule has 1 aliphatic heterocycles. The van der Waals surface area contributed by atoms with Gasteiger partial charge in [0.2, 0.25) is 10.0 Å². The van der Waals surface area contributed by atoms with Crippen LogP contribution in [-0.4, -0.2) is 37.7 Å². The van der Waals surface area contributed by atoms with Crippen molar-refractivity contribution in [1.82, 2.24) is 4.31 Å². The van der Waals surface area contributed by atoms with Crippen LogP contribution in [0, 0.1) is 0 Å². The third-order valence-electron chi connectivity index (χ3n) is 4.95. The van der Waals surface area contributed by atoms with Crippen molar-refractivity contribution < 1.29 is 17.9 Å². The lowest BCUT2D eigenvalue weighted by molar-refractivity contribution is 0.0497. The lowest BCUT2D eigenvalue weighted by Crippen LogP contribution is -2.44. The van der Waals surface area contributed by atoms with Crippen molar-refractivity contribution >= 4 is 10.0 Å². The van der Waals surface area contributed by atoms with E-state index in [0.717, 1.165) is 37.0 Å². The molecule has 0 aromatic heterocycles. The molecule has 0 spiro atoms. The number of nitrogens with zero attached hydrogens (tertiary/aromatic N) is 1. The molecule has 2 rings (SSSR count). The molecular formula is C20H33NO4S. The van der Waals surface area contributed by atoms with Crippen LogP contribution in [0.25, 0.3) is 0 Å². The molecule has 1 unspecified atom stereocenters. The van der Waals surface area contributed by atoms with Crippen molar-refractivity contribution in [3.8, 4) is 11.5 Å². The Labute approximate surface area is 158 Å². The summed E-state index contributed by atoms with van der Waals surface area (Å²) in [5.41, 5.74) is 0.493. The molecule has 0 fully saturated rings. The van der Waals surface area contributed by atoms with E-state index in [4.69, 9.17) is 9.47 Å². The van der Waals surface area contributed by atoms with Crippen molar-refractivity contribution in [2.45, 2.75) is 71.4 Å². The Hall–Kier alpha value is -1.27. The summed E-state index contributed by atoms with van der Waals surface area (Å²) < 4.78 is 38.9. The minimum atomic E-state index is -3.31. The summed E-state index contributed by atoms with van der Waals surface area (Å²) in [5.74, 6) is 1.55. The third kappa shape index (κ3) is 4.92. The number of methoxy groups -OCH3 is 1. The van der Waals surface area contributed by atoms with E-state index in [9.17, 15) is 8.42 Å². The molecule has 26 heavy (non-hydrogen) atoms. The first-order valence-electron chi connectivity index (χ1n) is 9.60. The van der Waals surface area contributed by atoms with Crippen molar-refractivity contribution in [2.24, 2.45) is 0 Å². The fraction of sp³-hybridized carbons (Fsp3) is 0.700. The molecule has 0 saturated carbocycles. The van der Waals surface area contributed by atoms with Crippen LogP contribution in [0.1, 0.15) is 71.4 Å². The molecule has 1 aromatic rings. The van der Waals surface area contributed by atoms with Gasteiger partial charge in [-0.05, 0) is 33.3 Å². The van der Waals surface area contributed by atoms with Gasteiger partial charge < -0.3 is 9.47 Å². The average molecular weight is 384 g/mol. The van der Waals surface area contributed by atoms with E-state index in [2.05, 4.69) is 6.92 Å². The summed E-state index contributed by atoms with van der Waals surface area (Å²) in [4.78, 5) is 0. The first kappa shape index (κ1) is 21.0. The predicted molar refractivity (Wildman–Crippen MR) is 105 cm³/mol. The molecule has 5 nitrogen and oxygen atoms in total. The van der Waals surface area contributed by atoms with Crippen LogP contribution in [0.4, 0.5) is 0 Å². The van der Waals surface area contributed by atoms with Gasteiger partial charge in [-0.25, -0.2) is 8.42 Å². The maximum atomic E-state index is 12.9. The van der Waals surface area contributed by atoms with Gasteiger partial charge in [-0.1, -0.05) is 32.3 Å². The minimum absolute atomic E-state index is 0.115. The van der Waals surface area contributed by atoms with Gasteiger partial charge in [-0.3, -0.25) is 0 Å². The Morgan fingerprint density at radius 3 is 2.58 bits per heavy atom. The highest BCUT2D eigenvalue weighted by Gasteiger charge is 2.40. The standard InChI is InChI=1S/C20H33NO4S/c1-6-8-9-10-13-21(26(22,23)7-2)18-15-20(3,4)25-19-14-16(24-5)11-12-17(18)19/h11-12,14,18H,6-10,13,15H2,1-5H3. The van der Waals surface area contributed by atoms with Crippen LogP contribution < -0.4 is 9.47 Å². The predicted octanol–water partition coefficient (Wildman–Crippen LogP) is 4.53. The maximum absolute atomic E-state index is 12.9. The van der Waals surface area contributed by atoms with Crippen LogP contribution in [-0.2, 0) is 10.0 Å². The van der Waals surface area contributed by atoms with E-state index in [0.29, 0.717) is 18.7 Å². The minimum Gasteiger partial charge on any atom is -0.497 e. The van der Waals surface area contributed by atoms with Gasteiger partial charge in [0.25, 0.3) is 0 Å². The van der Waals surface area contributed by atoms with Gasteiger partial charge in [0.05, 0.1) is 18.9 Å². The molecule has 0 bridgehead atoms. The zero-order valence-electron chi connectivity index (χ0n) is 16.7. The molecule has 1 heterocycles. The van der Waals surface area contributed by atoms with E-state index in [1.807, 2.05) is 32.0 Å². The topological polar surface area (TPSA) is 55.8 Å². The zero-order chi connectivity index (χ0) is 19.4. The Bertz CT molecular complexity index is 700. The first-order valence-corrected chi connectivity index (χ1v) is 11.2. The third-order valence-corrected chi connectivity index (χ3v) is 6.83. The van der Waals surface area contributed by atoms with Gasteiger partial charge in [0.1, 0.15) is 17.1 Å². The molecule has 148 valence electrons. The number of rotatable bonds is 9. The Balaban J connectivity index is 2.40. The normalized spacial score (nSPS) is 19.1. The van der Waals surface area contributed by atoms with E-state index in [-0.39, 0.29) is 11.8 Å². The van der Waals surface area contributed by atoms with Crippen molar-refractivity contribution in [2.75, 3.05) is 19.4 Å². The van der Waals surface area contributed by atoms with Crippen LogP contribution >= 0.6 is 0 Å². The van der Waals surface area contributed by atoms with Gasteiger partial charge >= 0.3 is 0 Å². The largest absolute Gasteiger partial charge is 0.497 e. The molecule has 0 saturated heterocycles. The van der Waals surface area contributed by atoms with Gasteiger partial charge in [0, 0.05) is 24.6 Å². The molecule has 0 radical (unpaired) electrons. The number of ether oxygens (including phenoxy) is 2. The van der Waals surface area contributed by atoms with Crippen LogP contribution in [0.15, 0.2) is 18.2 Å². The molecule has 0 N–H and O–H groups in total. The van der Waals surface area contributed by atoms with Gasteiger partial charge in [0.15, 0.2) is 0 Å². The molecule has 1 atom stereocenters. The second-order valence-corrected chi connectivity index (χ2v) is 9.77. The SMILES string of the molecule is CCCCCCN(C1CC(C)(C)Oc2cc(OC)ccc21)S(=O)(=O)CC. The van der Waals surface area contributed by atoms with E-state index < -0.39 is 15.6 Å². The lowest BCUT2D eigenvalue weighted by atomic mass is 9.89. The van der Waals surface area contributed by atoms with E-state index in [1.165, 1.54) is 0 Å². The maximum Gasteiger partial charge on any atom is 0.214 e. The number of unbranched alkanes of at least 4 members (excludes halogenated alkanes) is 3. The van der Waals surface area contributed by atoms with E-state index in [1.54, 1.807) is 18.3 Å². The lowest BCUT2D eigenvalue weighted by Gasteiger charge is -2.42. The zero-order valence-corrected chi connectivity index (χ0v) is 17.6. The molecule has 0 amide bonds. The summed E-state index contributed by atoms with van der Waals surface area (Å²) in [5, 5.41) is 0. The number of hydrogen-bond acceptors (Lipinski definition) is 4. The van der Waals surface area contributed by atoms with Gasteiger partial charge in [-0.2, -0.15) is 4.31 Å².